The van der Waals surface area contributed by atoms with Crippen LogP contribution in [0.2, 0.25) is 0 Å². The molecule has 2 unspecified atom stereocenters. The Hall–Kier alpha value is -2.25. The van der Waals surface area contributed by atoms with Gasteiger partial charge < -0.3 is 10.6 Å². The number of nitrogens with one attached hydrogen (secondary N) is 2. The fraction of sp³-hybridized carbons (Fsp3) is 0.591. The van der Waals surface area contributed by atoms with Crippen LogP contribution in [-0.2, 0) is 11.3 Å². The minimum atomic E-state index is -0.333. The largest absolute Gasteiger partial charge is 0.358 e. The number of rotatable bonds is 2. The van der Waals surface area contributed by atoms with Crippen molar-refractivity contribution in [3.05, 3.63) is 30.1 Å². The van der Waals surface area contributed by atoms with E-state index in [2.05, 4.69) is 34.3 Å². The average Bonchev–Trinajstić information content (AvgIpc) is 2.65. The zero-order valence-electron chi connectivity index (χ0n) is 17.3. The molecule has 2 bridgehead atoms. The maximum Gasteiger partial charge on any atom is 0.244 e. The number of piperazine rings is 1. The van der Waals surface area contributed by atoms with E-state index in [1.165, 1.54) is 19.3 Å². The number of para-hydroxylation sites is 1. The number of carbonyl (C=O) groups is 1. The smallest absolute Gasteiger partial charge is 0.244 e. The van der Waals surface area contributed by atoms with Gasteiger partial charge in [-0.1, -0.05) is 32.4 Å². The Kier molecular flexibility index (Phi) is 4.87. The first-order valence-electron chi connectivity index (χ1n) is 10.9. The Bertz CT molecular complexity index is 911. The van der Waals surface area contributed by atoms with E-state index in [0.717, 1.165) is 42.2 Å². The van der Waals surface area contributed by atoms with Gasteiger partial charge in [0.25, 0.3) is 0 Å². The van der Waals surface area contributed by atoms with Crippen LogP contribution in [0.3, 0.4) is 0 Å². The molecule has 1 aromatic heterocycles. The van der Waals surface area contributed by atoms with E-state index >= 15 is 0 Å². The minimum Gasteiger partial charge on any atom is -0.358 e. The molecule has 2 N–H and O–H groups in total. The van der Waals surface area contributed by atoms with Crippen molar-refractivity contribution in [1.29, 1.82) is 0 Å². The highest BCUT2D eigenvalue weighted by atomic mass is 16.2. The van der Waals surface area contributed by atoms with Crippen molar-refractivity contribution in [1.82, 2.24) is 25.1 Å². The van der Waals surface area contributed by atoms with Crippen LogP contribution in [0.25, 0.3) is 10.9 Å². The molecular formula is C22H30N6O. The lowest BCUT2D eigenvalue weighted by molar-refractivity contribution is -0.126. The molecule has 0 radical (unpaired) electrons. The van der Waals surface area contributed by atoms with E-state index in [9.17, 15) is 4.79 Å². The zero-order chi connectivity index (χ0) is 20.0. The van der Waals surface area contributed by atoms with Crippen molar-refractivity contribution < 1.29 is 4.79 Å². The van der Waals surface area contributed by atoms with Crippen LogP contribution in [0, 0.1) is 5.92 Å². The summed E-state index contributed by atoms with van der Waals surface area (Å²) in [6.45, 7) is 7.65. The van der Waals surface area contributed by atoms with Crippen LogP contribution in [0.15, 0.2) is 24.3 Å². The van der Waals surface area contributed by atoms with Gasteiger partial charge in [-0.2, -0.15) is 0 Å². The molecule has 7 nitrogen and oxygen atoms in total. The molecule has 1 aromatic carbocycles. The third-order valence-electron chi connectivity index (χ3n) is 6.66. The molecule has 2 fully saturated rings. The quantitative estimate of drug-likeness (QED) is 0.814. The van der Waals surface area contributed by atoms with Gasteiger partial charge in [-0.25, -0.2) is 9.97 Å². The maximum absolute atomic E-state index is 13.3. The highest BCUT2D eigenvalue weighted by Gasteiger charge is 2.36. The number of benzene rings is 1. The van der Waals surface area contributed by atoms with Crippen LogP contribution in [0.1, 0.15) is 38.9 Å². The van der Waals surface area contributed by atoms with Crippen LogP contribution in [0.5, 0.6) is 0 Å². The zero-order valence-corrected chi connectivity index (χ0v) is 17.3. The highest BCUT2D eigenvalue weighted by molar-refractivity contribution is 5.92. The van der Waals surface area contributed by atoms with Crippen molar-refractivity contribution in [3.63, 3.8) is 0 Å². The van der Waals surface area contributed by atoms with Crippen molar-refractivity contribution in [2.45, 2.75) is 57.9 Å². The van der Waals surface area contributed by atoms with E-state index in [0.29, 0.717) is 12.6 Å². The molecule has 154 valence electrons. The third-order valence-corrected chi connectivity index (χ3v) is 6.66. The first-order chi connectivity index (χ1) is 14.1. The van der Waals surface area contributed by atoms with Crippen molar-refractivity contribution >= 4 is 22.6 Å². The predicted molar refractivity (Wildman–Crippen MR) is 113 cm³/mol. The van der Waals surface area contributed by atoms with Gasteiger partial charge in [-0.15, -0.1) is 0 Å². The molecule has 3 heterocycles. The second-order valence-corrected chi connectivity index (χ2v) is 8.95. The summed E-state index contributed by atoms with van der Waals surface area (Å²) >= 11 is 0. The Morgan fingerprint density at radius 1 is 1.07 bits per heavy atom. The van der Waals surface area contributed by atoms with E-state index in [-0.39, 0.29) is 24.0 Å². The SMILES string of the molecule is CC(C)C1Nc2nc(nc3ccccc23)CN2CCN(C3CCC3)CC2NC1=O. The number of hydrogen-bond donors (Lipinski definition) is 2. The second kappa shape index (κ2) is 7.54. The Labute approximate surface area is 171 Å². The van der Waals surface area contributed by atoms with Crippen molar-refractivity contribution in [3.8, 4) is 0 Å². The summed E-state index contributed by atoms with van der Waals surface area (Å²) in [5.41, 5.74) is 0.924. The molecule has 29 heavy (non-hydrogen) atoms. The molecule has 5 rings (SSSR count). The Balaban J connectivity index is 1.52. The Morgan fingerprint density at radius 3 is 2.62 bits per heavy atom. The van der Waals surface area contributed by atoms with Crippen LogP contribution < -0.4 is 10.6 Å². The maximum atomic E-state index is 13.3. The van der Waals surface area contributed by atoms with Crippen LogP contribution >= 0.6 is 0 Å². The van der Waals surface area contributed by atoms with Gasteiger partial charge >= 0.3 is 0 Å². The minimum absolute atomic E-state index is 0.00322. The van der Waals surface area contributed by atoms with Gasteiger partial charge in [0.2, 0.25) is 5.91 Å². The lowest BCUT2D eigenvalue weighted by Gasteiger charge is -2.47. The second-order valence-electron chi connectivity index (χ2n) is 8.95. The van der Waals surface area contributed by atoms with Gasteiger partial charge in [0.1, 0.15) is 17.7 Å². The number of fused-ring (bicyclic) bond motifs is 5. The predicted octanol–water partition coefficient (Wildman–Crippen LogP) is 2.19. The monoisotopic (exact) mass is 394 g/mol. The molecule has 2 aliphatic heterocycles. The summed E-state index contributed by atoms with van der Waals surface area (Å²) in [7, 11) is 0. The molecule has 1 saturated heterocycles. The summed E-state index contributed by atoms with van der Waals surface area (Å²) in [4.78, 5) is 27.8. The molecule has 2 aromatic rings. The van der Waals surface area contributed by atoms with Gasteiger partial charge in [-0.05, 0) is 30.9 Å². The standard InChI is InChI=1S/C22H30N6O/c1-14(2)20-22(29)25-19-13-27(15-6-5-7-15)10-11-28(19)12-18-23-17-9-4-3-8-16(17)21(24-18)26-20/h3-4,8-9,14-15,19-20H,5-7,10-13H2,1-2H3,(H,25,29)(H,23,24,26). The lowest BCUT2D eigenvalue weighted by atomic mass is 9.91. The summed E-state index contributed by atoms with van der Waals surface area (Å²) in [6.07, 6.45) is 3.90. The molecule has 1 amide bonds. The number of hydrogen-bond acceptors (Lipinski definition) is 6. The normalized spacial score (nSPS) is 26.5. The van der Waals surface area contributed by atoms with Crippen LogP contribution in [-0.4, -0.2) is 63.6 Å². The average molecular weight is 395 g/mol. The third kappa shape index (κ3) is 3.57. The van der Waals surface area contributed by atoms with E-state index in [1.54, 1.807) is 0 Å². The lowest BCUT2D eigenvalue weighted by Crippen LogP contribution is -2.64. The van der Waals surface area contributed by atoms with Crippen LogP contribution in [0.4, 0.5) is 5.82 Å². The van der Waals surface area contributed by atoms with Crippen molar-refractivity contribution in [2.75, 3.05) is 25.0 Å². The molecular weight excluding hydrogens is 364 g/mol. The molecule has 1 saturated carbocycles. The van der Waals surface area contributed by atoms with Gasteiger partial charge in [0, 0.05) is 31.1 Å². The molecule has 0 spiro atoms. The first-order valence-corrected chi connectivity index (χ1v) is 10.9. The number of anilines is 1. The summed E-state index contributed by atoms with van der Waals surface area (Å²) < 4.78 is 0. The van der Waals surface area contributed by atoms with E-state index < -0.39 is 0 Å². The number of carbonyl (C=O) groups excluding carboxylic acids is 1. The van der Waals surface area contributed by atoms with Gasteiger partial charge in [-0.3, -0.25) is 14.6 Å². The topological polar surface area (TPSA) is 73.4 Å². The number of amides is 1. The summed E-state index contributed by atoms with van der Waals surface area (Å²) in [6, 6.07) is 8.38. The highest BCUT2D eigenvalue weighted by Crippen LogP contribution is 2.28. The number of aromatic nitrogens is 2. The molecule has 1 aliphatic carbocycles. The molecule has 3 aliphatic rings. The van der Waals surface area contributed by atoms with Gasteiger partial charge in [0.15, 0.2) is 0 Å². The summed E-state index contributed by atoms with van der Waals surface area (Å²) in [5, 5.41) is 7.74. The van der Waals surface area contributed by atoms with E-state index in [1.807, 2.05) is 24.3 Å². The number of nitrogens with zero attached hydrogens (tertiary/aromatic N) is 4. The Morgan fingerprint density at radius 2 is 1.86 bits per heavy atom. The first kappa shape index (κ1) is 18.8. The fourth-order valence-corrected chi connectivity index (χ4v) is 4.67. The summed E-state index contributed by atoms with van der Waals surface area (Å²) in [5.74, 6) is 1.76. The van der Waals surface area contributed by atoms with E-state index in [4.69, 9.17) is 9.97 Å². The molecule has 2 atom stereocenters. The fourth-order valence-electron chi connectivity index (χ4n) is 4.67. The van der Waals surface area contributed by atoms with Crippen molar-refractivity contribution in [2.24, 2.45) is 5.92 Å². The van der Waals surface area contributed by atoms with Gasteiger partial charge in [0.05, 0.1) is 18.2 Å². The molecule has 7 heteroatoms.